The molecule has 1 aliphatic heterocycles. The van der Waals surface area contributed by atoms with E-state index in [-0.39, 0.29) is 5.41 Å². The Labute approximate surface area is 160 Å². The van der Waals surface area contributed by atoms with Crippen LogP contribution in [0, 0.1) is 0 Å². The normalized spacial score (nSPS) is 16.4. The van der Waals surface area contributed by atoms with Crippen molar-refractivity contribution in [2.45, 2.75) is 32.1 Å². The van der Waals surface area contributed by atoms with Crippen molar-refractivity contribution in [3.63, 3.8) is 0 Å². The molecule has 27 heavy (non-hydrogen) atoms. The van der Waals surface area contributed by atoms with Crippen LogP contribution in [0.1, 0.15) is 47.3 Å². The van der Waals surface area contributed by atoms with Crippen molar-refractivity contribution < 1.29 is 4.79 Å². The van der Waals surface area contributed by atoms with Gasteiger partial charge in [-0.15, -0.1) is 0 Å². The van der Waals surface area contributed by atoms with Crippen LogP contribution in [0.3, 0.4) is 0 Å². The molecule has 0 radical (unpaired) electrons. The van der Waals surface area contributed by atoms with Gasteiger partial charge in [0.25, 0.3) is 0 Å². The molecule has 0 unspecified atom stereocenters. The number of hydrogen-bond acceptors (Lipinski definition) is 2. The molecule has 0 bridgehead atoms. The third-order valence-electron chi connectivity index (χ3n) is 6.24. The van der Waals surface area contributed by atoms with Crippen LogP contribution in [0.4, 0.5) is 11.4 Å². The highest BCUT2D eigenvalue weighted by molar-refractivity contribution is 5.84. The molecule has 0 N–H and O–H groups in total. The summed E-state index contributed by atoms with van der Waals surface area (Å²) in [6.45, 7) is 5.66. The third-order valence-corrected chi connectivity index (χ3v) is 6.24. The third kappa shape index (κ3) is 2.36. The van der Waals surface area contributed by atoms with Gasteiger partial charge in [0, 0.05) is 28.9 Å². The van der Waals surface area contributed by atoms with Crippen LogP contribution in [0.2, 0.25) is 0 Å². The predicted octanol–water partition coefficient (Wildman–Crippen LogP) is 5.89. The summed E-state index contributed by atoms with van der Waals surface area (Å²) < 4.78 is 0. The van der Waals surface area contributed by atoms with E-state index in [2.05, 4.69) is 67.3 Å². The maximum atomic E-state index is 11.1. The zero-order chi connectivity index (χ0) is 18.6. The monoisotopic (exact) mass is 353 g/mol. The second kappa shape index (κ2) is 5.82. The Kier molecular flexibility index (Phi) is 3.51. The summed E-state index contributed by atoms with van der Waals surface area (Å²) in [5, 5.41) is 0. The van der Waals surface area contributed by atoms with E-state index in [1.54, 1.807) is 0 Å². The molecule has 3 aromatic carbocycles. The van der Waals surface area contributed by atoms with Crippen LogP contribution in [-0.2, 0) is 11.8 Å². The number of hydrogen-bond donors (Lipinski definition) is 0. The van der Waals surface area contributed by atoms with Crippen LogP contribution < -0.4 is 4.90 Å². The Bertz CT molecular complexity index is 1060. The number of aryl methyl sites for hydroxylation is 1. The summed E-state index contributed by atoms with van der Waals surface area (Å²) in [5.74, 6) is 0. The van der Waals surface area contributed by atoms with Gasteiger partial charge in [-0.25, -0.2) is 0 Å². The van der Waals surface area contributed by atoms with Gasteiger partial charge in [0.15, 0.2) is 0 Å². The maximum Gasteiger partial charge on any atom is 0.150 e. The summed E-state index contributed by atoms with van der Waals surface area (Å²) >= 11 is 0. The fraction of sp³-hybridized carbons (Fsp3) is 0.240. The molecule has 1 aliphatic carbocycles. The van der Waals surface area contributed by atoms with E-state index in [1.165, 1.54) is 39.2 Å². The average molecular weight is 353 g/mol. The van der Waals surface area contributed by atoms with Gasteiger partial charge >= 0.3 is 0 Å². The number of carbonyl (C=O) groups excluding carboxylic acids is 1. The van der Waals surface area contributed by atoms with Crippen molar-refractivity contribution in [2.75, 3.05) is 11.4 Å². The number of nitrogens with zero attached hydrogens (tertiary/aromatic N) is 1. The van der Waals surface area contributed by atoms with Crippen molar-refractivity contribution >= 4 is 17.7 Å². The minimum Gasteiger partial charge on any atom is -0.341 e. The smallest absolute Gasteiger partial charge is 0.150 e. The molecule has 0 saturated carbocycles. The van der Waals surface area contributed by atoms with E-state index in [0.717, 1.165) is 31.2 Å². The van der Waals surface area contributed by atoms with Gasteiger partial charge in [-0.05, 0) is 71.0 Å². The Morgan fingerprint density at radius 1 is 0.926 bits per heavy atom. The first-order valence-corrected chi connectivity index (χ1v) is 9.69. The van der Waals surface area contributed by atoms with Gasteiger partial charge < -0.3 is 4.90 Å². The zero-order valence-electron chi connectivity index (χ0n) is 15.8. The molecule has 0 amide bonds. The Hall–Kier alpha value is -2.87. The fourth-order valence-corrected chi connectivity index (χ4v) is 4.82. The average Bonchev–Trinajstić information content (AvgIpc) is 2.94. The lowest BCUT2D eigenvalue weighted by Crippen LogP contribution is -2.25. The van der Waals surface area contributed by atoms with Crippen LogP contribution in [-0.4, -0.2) is 12.8 Å². The minimum atomic E-state index is 0.0158. The standard InChI is InChI=1S/C25H23NO/c1-25(2)22-8-4-3-7-20(22)21-11-10-19(15-23(21)25)26-13-5-6-18-14-17(16-27)9-12-24(18)26/h3-4,7-12,14-16H,5-6,13H2,1-2H3. The molecule has 0 saturated heterocycles. The van der Waals surface area contributed by atoms with Crippen LogP contribution >= 0.6 is 0 Å². The lowest BCUT2D eigenvalue weighted by molar-refractivity contribution is 0.112. The lowest BCUT2D eigenvalue weighted by atomic mass is 9.82. The van der Waals surface area contributed by atoms with E-state index >= 15 is 0 Å². The van der Waals surface area contributed by atoms with E-state index < -0.39 is 0 Å². The summed E-state index contributed by atoms with van der Waals surface area (Å²) in [5.41, 5.74) is 10.1. The SMILES string of the molecule is CC1(C)c2ccccc2-c2ccc(N3CCCc4cc(C=O)ccc43)cc21. The minimum absolute atomic E-state index is 0.0158. The molecule has 2 aliphatic rings. The number of aldehydes is 1. The number of fused-ring (bicyclic) bond motifs is 4. The van der Waals surface area contributed by atoms with Crippen LogP contribution in [0.25, 0.3) is 11.1 Å². The second-order valence-electron chi connectivity index (χ2n) is 8.16. The first-order valence-electron chi connectivity index (χ1n) is 9.69. The summed E-state index contributed by atoms with van der Waals surface area (Å²) in [6.07, 6.45) is 3.08. The first kappa shape index (κ1) is 16.3. The van der Waals surface area contributed by atoms with Gasteiger partial charge in [0.2, 0.25) is 0 Å². The van der Waals surface area contributed by atoms with Gasteiger partial charge in [-0.2, -0.15) is 0 Å². The van der Waals surface area contributed by atoms with Crippen LogP contribution in [0.15, 0.2) is 60.7 Å². The topological polar surface area (TPSA) is 20.3 Å². The van der Waals surface area contributed by atoms with Gasteiger partial charge in [0.05, 0.1) is 0 Å². The molecule has 0 fully saturated rings. The predicted molar refractivity (Wildman–Crippen MR) is 111 cm³/mol. The van der Waals surface area contributed by atoms with E-state index in [9.17, 15) is 4.79 Å². The van der Waals surface area contributed by atoms with Crippen molar-refractivity contribution in [1.29, 1.82) is 0 Å². The van der Waals surface area contributed by atoms with Crippen molar-refractivity contribution in [3.8, 4) is 11.1 Å². The number of benzene rings is 3. The second-order valence-corrected chi connectivity index (χ2v) is 8.16. The zero-order valence-corrected chi connectivity index (χ0v) is 15.8. The van der Waals surface area contributed by atoms with E-state index in [1.807, 2.05) is 12.1 Å². The fourth-order valence-electron chi connectivity index (χ4n) is 4.82. The summed E-state index contributed by atoms with van der Waals surface area (Å²) in [4.78, 5) is 13.5. The highest BCUT2D eigenvalue weighted by Gasteiger charge is 2.35. The maximum absolute atomic E-state index is 11.1. The molecular formula is C25H23NO. The molecule has 0 spiro atoms. The molecule has 1 heterocycles. The van der Waals surface area contributed by atoms with Crippen molar-refractivity contribution in [2.24, 2.45) is 0 Å². The Morgan fingerprint density at radius 3 is 2.59 bits per heavy atom. The highest BCUT2D eigenvalue weighted by atomic mass is 16.1. The van der Waals surface area contributed by atoms with Gasteiger partial charge in [-0.3, -0.25) is 4.79 Å². The quantitative estimate of drug-likeness (QED) is 0.535. The largest absolute Gasteiger partial charge is 0.341 e. The molecular weight excluding hydrogens is 330 g/mol. The molecule has 2 heteroatoms. The first-order chi connectivity index (χ1) is 13.1. The molecule has 134 valence electrons. The van der Waals surface area contributed by atoms with Gasteiger partial charge in [-0.1, -0.05) is 44.2 Å². The van der Waals surface area contributed by atoms with Crippen molar-refractivity contribution in [1.82, 2.24) is 0 Å². The molecule has 2 nitrogen and oxygen atoms in total. The lowest BCUT2D eigenvalue weighted by Gasteiger charge is -2.32. The van der Waals surface area contributed by atoms with E-state index in [0.29, 0.717) is 0 Å². The molecule has 0 atom stereocenters. The van der Waals surface area contributed by atoms with Crippen molar-refractivity contribution in [3.05, 3.63) is 82.9 Å². The molecule has 5 rings (SSSR count). The summed E-state index contributed by atoms with van der Waals surface area (Å²) in [7, 11) is 0. The highest BCUT2D eigenvalue weighted by Crippen LogP contribution is 2.50. The van der Waals surface area contributed by atoms with Gasteiger partial charge in [0.1, 0.15) is 6.29 Å². The number of carbonyl (C=O) groups is 1. The Balaban J connectivity index is 1.62. The summed E-state index contributed by atoms with van der Waals surface area (Å²) in [6, 6.07) is 21.7. The molecule has 0 aromatic heterocycles. The Morgan fingerprint density at radius 2 is 1.74 bits per heavy atom. The number of rotatable bonds is 2. The number of anilines is 2. The molecule has 3 aromatic rings. The van der Waals surface area contributed by atoms with E-state index in [4.69, 9.17) is 0 Å². The van der Waals surface area contributed by atoms with Crippen LogP contribution in [0.5, 0.6) is 0 Å².